The van der Waals surface area contributed by atoms with Crippen molar-refractivity contribution in [1.29, 1.82) is 0 Å². The molecule has 1 N–H and O–H groups in total. The molecule has 1 heteroatoms. The van der Waals surface area contributed by atoms with Crippen LogP contribution < -0.4 is 5.32 Å². The van der Waals surface area contributed by atoms with Crippen LogP contribution in [0.3, 0.4) is 0 Å². The number of hydrogen-bond acceptors (Lipinski definition) is 1. The molecule has 0 saturated carbocycles. The Bertz CT molecular complexity index is 291. The van der Waals surface area contributed by atoms with E-state index in [-0.39, 0.29) is 0 Å². The second kappa shape index (κ2) is 3.26. The van der Waals surface area contributed by atoms with Gasteiger partial charge in [0.15, 0.2) is 0 Å². The first kappa shape index (κ1) is 7.17. The van der Waals surface area contributed by atoms with E-state index in [0.717, 1.165) is 6.42 Å². The molecule has 1 heterocycles. The van der Waals surface area contributed by atoms with Gasteiger partial charge in [-0.25, -0.2) is 0 Å². The van der Waals surface area contributed by atoms with Crippen molar-refractivity contribution >= 4 is 5.69 Å². The molecule has 0 amide bonds. The fraction of sp³-hybridized carbons (Fsp3) is 0.0909. The van der Waals surface area contributed by atoms with Crippen molar-refractivity contribution in [2.45, 2.75) is 6.42 Å². The highest BCUT2D eigenvalue weighted by atomic mass is 14.8. The molecule has 12 heavy (non-hydrogen) atoms. The fourth-order valence-electron chi connectivity index (χ4n) is 1.31. The van der Waals surface area contributed by atoms with Gasteiger partial charge in [0.25, 0.3) is 0 Å². The Balaban J connectivity index is 2.40. The SMILES string of the molecule is C1=C\Cc2ccccc2N\C=C/1. The van der Waals surface area contributed by atoms with E-state index in [1.165, 1.54) is 11.3 Å². The summed E-state index contributed by atoms with van der Waals surface area (Å²) in [6, 6.07) is 8.36. The van der Waals surface area contributed by atoms with Crippen LogP contribution in [-0.2, 0) is 6.42 Å². The smallest absolute Gasteiger partial charge is 0.0415 e. The van der Waals surface area contributed by atoms with Gasteiger partial charge in [-0.15, -0.1) is 0 Å². The molecule has 0 fully saturated rings. The zero-order valence-electron chi connectivity index (χ0n) is 6.83. The fourth-order valence-corrected chi connectivity index (χ4v) is 1.31. The first-order valence-corrected chi connectivity index (χ1v) is 4.13. The van der Waals surface area contributed by atoms with Crippen LogP contribution >= 0.6 is 0 Å². The van der Waals surface area contributed by atoms with Crippen LogP contribution in [0.2, 0.25) is 0 Å². The summed E-state index contributed by atoms with van der Waals surface area (Å²) in [6.45, 7) is 0. The largest absolute Gasteiger partial charge is 0.361 e. The predicted molar refractivity (Wildman–Crippen MR) is 52.0 cm³/mol. The van der Waals surface area contributed by atoms with Crippen molar-refractivity contribution in [3.63, 3.8) is 0 Å². The Labute approximate surface area is 72.4 Å². The summed E-state index contributed by atoms with van der Waals surface area (Å²) in [7, 11) is 0. The lowest BCUT2D eigenvalue weighted by molar-refractivity contribution is 1.26. The maximum Gasteiger partial charge on any atom is 0.0415 e. The van der Waals surface area contributed by atoms with Gasteiger partial charge in [0.05, 0.1) is 0 Å². The highest BCUT2D eigenvalue weighted by Gasteiger charge is 1.97. The molecule has 1 aliphatic heterocycles. The van der Waals surface area contributed by atoms with E-state index in [4.69, 9.17) is 0 Å². The summed E-state index contributed by atoms with van der Waals surface area (Å²) < 4.78 is 0. The lowest BCUT2D eigenvalue weighted by Gasteiger charge is -2.08. The van der Waals surface area contributed by atoms with Crippen molar-refractivity contribution in [3.05, 3.63) is 54.3 Å². The molecule has 0 radical (unpaired) electrons. The molecule has 1 aromatic carbocycles. The van der Waals surface area contributed by atoms with Crippen molar-refractivity contribution in [2.24, 2.45) is 0 Å². The van der Waals surface area contributed by atoms with Crippen molar-refractivity contribution in [2.75, 3.05) is 5.32 Å². The predicted octanol–water partition coefficient (Wildman–Crippen LogP) is 2.72. The van der Waals surface area contributed by atoms with Crippen LogP contribution in [0.1, 0.15) is 5.56 Å². The van der Waals surface area contributed by atoms with Crippen molar-refractivity contribution < 1.29 is 0 Å². The Morgan fingerprint density at radius 2 is 2.00 bits per heavy atom. The highest BCUT2D eigenvalue weighted by molar-refractivity contribution is 5.54. The summed E-state index contributed by atoms with van der Waals surface area (Å²) in [5.41, 5.74) is 2.55. The summed E-state index contributed by atoms with van der Waals surface area (Å²) in [6.07, 6.45) is 9.19. The number of nitrogens with one attached hydrogen (secondary N) is 1. The topological polar surface area (TPSA) is 12.0 Å². The minimum absolute atomic E-state index is 1.01. The molecule has 1 nitrogen and oxygen atoms in total. The number of hydrogen-bond donors (Lipinski definition) is 1. The molecule has 1 aromatic rings. The molecule has 0 aliphatic carbocycles. The minimum Gasteiger partial charge on any atom is -0.361 e. The van der Waals surface area contributed by atoms with Gasteiger partial charge < -0.3 is 5.32 Å². The number of anilines is 1. The molecule has 1 aliphatic rings. The van der Waals surface area contributed by atoms with Gasteiger partial charge in [-0.05, 0) is 24.1 Å². The van der Waals surface area contributed by atoms with Crippen molar-refractivity contribution in [1.82, 2.24) is 0 Å². The summed E-state index contributed by atoms with van der Waals surface area (Å²) >= 11 is 0. The molecule has 0 unspecified atom stereocenters. The molecular weight excluding hydrogens is 146 g/mol. The van der Waals surface area contributed by atoms with Crippen LogP contribution in [0, 0.1) is 0 Å². The van der Waals surface area contributed by atoms with Crippen LogP contribution in [0.15, 0.2) is 48.7 Å². The maximum atomic E-state index is 3.23. The van der Waals surface area contributed by atoms with E-state index in [2.05, 4.69) is 35.7 Å². The molecule has 0 saturated heterocycles. The number of benzene rings is 1. The number of allylic oxidation sites excluding steroid dienone is 3. The number of para-hydroxylation sites is 1. The lowest BCUT2D eigenvalue weighted by Crippen LogP contribution is -1.94. The minimum atomic E-state index is 1.01. The maximum absolute atomic E-state index is 3.23. The van der Waals surface area contributed by atoms with Gasteiger partial charge in [-0.2, -0.15) is 0 Å². The quantitative estimate of drug-likeness (QED) is 0.610. The van der Waals surface area contributed by atoms with Gasteiger partial charge in [0.1, 0.15) is 0 Å². The van der Waals surface area contributed by atoms with Gasteiger partial charge in [0, 0.05) is 11.9 Å². The first-order valence-electron chi connectivity index (χ1n) is 4.13. The van der Waals surface area contributed by atoms with Crippen LogP contribution in [0.25, 0.3) is 0 Å². The van der Waals surface area contributed by atoms with Crippen LogP contribution in [0.4, 0.5) is 5.69 Å². The molecule has 0 bridgehead atoms. The third-order valence-electron chi connectivity index (χ3n) is 1.94. The Morgan fingerprint density at radius 1 is 1.08 bits per heavy atom. The van der Waals surface area contributed by atoms with E-state index < -0.39 is 0 Å². The Morgan fingerprint density at radius 3 is 3.00 bits per heavy atom. The third-order valence-corrected chi connectivity index (χ3v) is 1.94. The van der Waals surface area contributed by atoms with E-state index in [0.29, 0.717) is 0 Å². The normalized spacial score (nSPS) is 19.7. The monoisotopic (exact) mass is 157 g/mol. The average molecular weight is 157 g/mol. The lowest BCUT2D eigenvalue weighted by atomic mass is 10.1. The van der Waals surface area contributed by atoms with Gasteiger partial charge >= 0.3 is 0 Å². The molecular formula is C11H11N. The van der Waals surface area contributed by atoms with Crippen LogP contribution in [0.5, 0.6) is 0 Å². The summed E-state index contributed by atoms with van der Waals surface area (Å²) in [5.74, 6) is 0. The Hall–Kier alpha value is -1.50. The number of rotatable bonds is 0. The van der Waals surface area contributed by atoms with E-state index in [1.807, 2.05) is 18.3 Å². The molecule has 2 rings (SSSR count). The molecule has 0 spiro atoms. The highest BCUT2D eigenvalue weighted by Crippen LogP contribution is 2.16. The average Bonchev–Trinajstić information content (AvgIpc) is 2.06. The third kappa shape index (κ3) is 1.40. The van der Waals surface area contributed by atoms with Crippen LogP contribution in [-0.4, -0.2) is 0 Å². The molecule has 60 valence electrons. The van der Waals surface area contributed by atoms with Crippen molar-refractivity contribution in [3.8, 4) is 0 Å². The van der Waals surface area contributed by atoms with E-state index >= 15 is 0 Å². The number of fused-ring (bicyclic) bond motifs is 1. The summed E-state index contributed by atoms with van der Waals surface area (Å²) in [5, 5.41) is 3.23. The Kier molecular flexibility index (Phi) is 1.95. The second-order valence-corrected chi connectivity index (χ2v) is 2.79. The van der Waals surface area contributed by atoms with Gasteiger partial charge in [-0.3, -0.25) is 0 Å². The van der Waals surface area contributed by atoms with Gasteiger partial charge in [-0.1, -0.05) is 30.4 Å². The standard InChI is InChI=1S/C11H11N/c1-2-6-10-7-3-4-8-11(10)12-9-5-1/h1-5,7-9,12H,6H2/b2-1-,9-5-. The molecule has 0 atom stereocenters. The second-order valence-electron chi connectivity index (χ2n) is 2.79. The summed E-state index contributed by atoms with van der Waals surface area (Å²) in [4.78, 5) is 0. The molecule has 0 aromatic heterocycles. The van der Waals surface area contributed by atoms with E-state index in [9.17, 15) is 0 Å². The van der Waals surface area contributed by atoms with Gasteiger partial charge in [0.2, 0.25) is 0 Å². The zero-order chi connectivity index (χ0) is 8.23. The zero-order valence-corrected chi connectivity index (χ0v) is 6.83. The van der Waals surface area contributed by atoms with E-state index in [1.54, 1.807) is 0 Å². The first-order chi connectivity index (χ1) is 5.97.